The van der Waals surface area contributed by atoms with Crippen LogP contribution in [0.1, 0.15) is 21.7 Å². The molecule has 2 heterocycles. The summed E-state index contributed by atoms with van der Waals surface area (Å²) < 4.78 is 5.32. The predicted molar refractivity (Wildman–Crippen MR) is 88.2 cm³/mol. The lowest BCUT2D eigenvalue weighted by atomic mass is 9.72. The molecule has 0 saturated heterocycles. The number of carboxylic acid groups (broad SMARTS) is 1. The number of aromatic carboxylic acids is 1. The summed E-state index contributed by atoms with van der Waals surface area (Å²) in [5, 5.41) is 33.5. The number of rotatable bonds is 6. The summed E-state index contributed by atoms with van der Waals surface area (Å²) in [5.41, 5.74) is 5.95. The molecule has 1 aromatic heterocycles. The second-order valence-corrected chi connectivity index (χ2v) is 5.76. The van der Waals surface area contributed by atoms with Crippen LogP contribution in [0, 0.1) is 0 Å². The van der Waals surface area contributed by atoms with Crippen LogP contribution in [0.25, 0.3) is 0 Å². The van der Waals surface area contributed by atoms with E-state index in [-0.39, 0.29) is 24.3 Å². The number of fused-ring (bicyclic) bond motifs is 1. The van der Waals surface area contributed by atoms with E-state index in [0.29, 0.717) is 24.4 Å². The van der Waals surface area contributed by atoms with Crippen molar-refractivity contribution in [2.75, 3.05) is 6.54 Å². The van der Waals surface area contributed by atoms with Crippen LogP contribution in [0.15, 0.2) is 18.2 Å². The van der Waals surface area contributed by atoms with Gasteiger partial charge in [0.2, 0.25) is 5.91 Å². The largest absolute Gasteiger partial charge is 0.547 e. The zero-order chi connectivity index (χ0) is 18.7. The lowest BCUT2D eigenvalue weighted by Gasteiger charge is -2.28. The first-order chi connectivity index (χ1) is 12.5. The van der Waals surface area contributed by atoms with Crippen LogP contribution in [0.3, 0.4) is 0 Å². The number of nitrogens with two attached hydrogens (primary N) is 1. The van der Waals surface area contributed by atoms with Gasteiger partial charge in [-0.1, -0.05) is 12.1 Å². The Kier molecular flexibility index (Phi) is 5.14. The number of tetrazole rings is 1. The molecular weight excluding hydrogens is 343 g/mol. The number of hydrogen-bond acceptors (Lipinski definition) is 8. The molecule has 1 amide bonds. The summed E-state index contributed by atoms with van der Waals surface area (Å²) in [7, 11) is -1.37. The third-order valence-electron chi connectivity index (χ3n) is 3.84. The topological polar surface area (TPSA) is 165 Å². The van der Waals surface area contributed by atoms with E-state index >= 15 is 0 Å². The van der Waals surface area contributed by atoms with Gasteiger partial charge in [0.15, 0.2) is 5.82 Å². The monoisotopic (exact) mass is 360 g/mol. The molecule has 5 N–H and O–H groups in total. The molecule has 3 rings (SSSR count). The summed E-state index contributed by atoms with van der Waals surface area (Å²) in [4.78, 5) is 24.5. The quantitative estimate of drug-likeness (QED) is 0.427. The lowest BCUT2D eigenvalue weighted by molar-refractivity contribution is -0.122. The van der Waals surface area contributed by atoms with Crippen LogP contribution in [-0.2, 0) is 24.2 Å². The van der Waals surface area contributed by atoms with E-state index in [2.05, 4.69) is 20.7 Å². The second kappa shape index (κ2) is 7.50. The molecule has 11 nitrogen and oxygen atoms in total. The molecule has 1 aliphatic heterocycles. The molecule has 26 heavy (non-hydrogen) atoms. The van der Waals surface area contributed by atoms with Crippen molar-refractivity contribution in [3.63, 3.8) is 0 Å². The van der Waals surface area contributed by atoms with Crippen molar-refractivity contribution in [2.24, 2.45) is 5.73 Å². The molecule has 0 unspecified atom stereocenters. The Morgan fingerprint density at radius 1 is 1.46 bits per heavy atom. The van der Waals surface area contributed by atoms with Gasteiger partial charge in [-0.25, -0.2) is 4.79 Å². The average molecular weight is 360 g/mol. The van der Waals surface area contributed by atoms with Crippen LogP contribution >= 0.6 is 0 Å². The minimum absolute atomic E-state index is 0.0365. The van der Waals surface area contributed by atoms with E-state index in [9.17, 15) is 19.7 Å². The third-order valence-corrected chi connectivity index (χ3v) is 3.84. The van der Waals surface area contributed by atoms with E-state index in [0.717, 1.165) is 4.80 Å². The number of para-hydroxylation sites is 1. The molecule has 1 atom stereocenters. The Morgan fingerprint density at radius 2 is 2.27 bits per heavy atom. The number of amides is 1. The molecule has 12 heteroatoms. The number of carbonyl (C=O) groups is 2. The van der Waals surface area contributed by atoms with E-state index in [1.807, 2.05) is 0 Å². The first kappa shape index (κ1) is 17.8. The Morgan fingerprint density at radius 3 is 3.00 bits per heavy atom. The molecule has 0 fully saturated rings. The van der Waals surface area contributed by atoms with E-state index in [1.165, 1.54) is 6.07 Å². The van der Waals surface area contributed by atoms with Crippen molar-refractivity contribution >= 4 is 19.0 Å². The number of carbonyl (C=O) groups excluding carboxylic acids is 1. The maximum atomic E-state index is 12.2. The molecule has 1 aliphatic rings. The lowest BCUT2D eigenvalue weighted by Crippen LogP contribution is -2.53. The normalized spacial score (nSPS) is 15.9. The Labute approximate surface area is 148 Å². The van der Waals surface area contributed by atoms with Gasteiger partial charge in [0.25, 0.3) is 0 Å². The van der Waals surface area contributed by atoms with Gasteiger partial charge in [-0.2, -0.15) is 4.80 Å². The highest BCUT2D eigenvalue weighted by atomic mass is 16.5. The summed E-state index contributed by atoms with van der Waals surface area (Å²) in [6.45, 7) is 0.198. The van der Waals surface area contributed by atoms with E-state index in [4.69, 9.17) is 10.4 Å². The minimum atomic E-state index is -1.37. The van der Waals surface area contributed by atoms with Crippen LogP contribution in [0.5, 0.6) is 5.75 Å². The van der Waals surface area contributed by atoms with E-state index in [1.54, 1.807) is 12.1 Å². The van der Waals surface area contributed by atoms with Crippen LogP contribution in [0.4, 0.5) is 0 Å². The number of nitrogens with zero attached hydrogens (tertiary/aromatic N) is 4. The Balaban J connectivity index is 1.66. The van der Waals surface area contributed by atoms with Crippen molar-refractivity contribution in [1.82, 2.24) is 25.5 Å². The van der Waals surface area contributed by atoms with Crippen molar-refractivity contribution in [3.05, 3.63) is 35.2 Å². The molecule has 2 aromatic rings. The standard InChI is InChI=1S/C14H17BN6O5/c16-5-4-11-18-20-21(19-11)7-12(22)17-10-6-8-2-1-3-9(14(23)24)13(8)26-15(10)25/h1-3,10,25H,4-7,16H2,(H,17,22)(H,23,24)/t10-/m0/s1. The van der Waals surface area contributed by atoms with Gasteiger partial charge in [-0.3, -0.25) is 4.79 Å². The third kappa shape index (κ3) is 3.81. The highest BCUT2D eigenvalue weighted by Crippen LogP contribution is 2.30. The SMILES string of the molecule is NCCc1nnn(CC(=O)N[C@H]2Cc3cccc(C(=O)O)c3OB2O)n1. The summed E-state index contributed by atoms with van der Waals surface area (Å²) >= 11 is 0. The minimum Gasteiger partial charge on any atom is -0.534 e. The second-order valence-electron chi connectivity index (χ2n) is 5.76. The molecule has 0 radical (unpaired) electrons. The van der Waals surface area contributed by atoms with Gasteiger partial charge < -0.3 is 25.8 Å². The van der Waals surface area contributed by atoms with Crippen molar-refractivity contribution in [2.45, 2.75) is 25.3 Å². The zero-order valence-corrected chi connectivity index (χ0v) is 13.7. The smallest absolute Gasteiger partial charge is 0.534 e. The average Bonchev–Trinajstić information content (AvgIpc) is 3.02. The molecule has 136 valence electrons. The first-order valence-electron chi connectivity index (χ1n) is 7.94. The van der Waals surface area contributed by atoms with Crippen LogP contribution < -0.4 is 15.7 Å². The summed E-state index contributed by atoms with van der Waals surface area (Å²) in [5.74, 6) is -1.76. The number of carboxylic acids is 1. The highest BCUT2D eigenvalue weighted by molar-refractivity contribution is 6.47. The first-order valence-corrected chi connectivity index (χ1v) is 7.94. The van der Waals surface area contributed by atoms with Crippen molar-refractivity contribution in [3.8, 4) is 5.75 Å². The van der Waals surface area contributed by atoms with Gasteiger partial charge in [0.1, 0.15) is 12.3 Å². The number of hydrogen-bond donors (Lipinski definition) is 4. The van der Waals surface area contributed by atoms with Gasteiger partial charge in [0.05, 0.1) is 11.5 Å². The Bertz CT molecular complexity index is 828. The molecule has 0 saturated carbocycles. The number of nitrogens with one attached hydrogen (secondary N) is 1. The molecular formula is C14H17BN6O5. The van der Waals surface area contributed by atoms with Crippen molar-refractivity contribution < 1.29 is 24.4 Å². The summed E-state index contributed by atoms with van der Waals surface area (Å²) in [6.07, 6.45) is 0.687. The van der Waals surface area contributed by atoms with Crippen LogP contribution in [-0.4, -0.2) is 61.8 Å². The highest BCUT2D eigenvalue weighted by Gasteiger charge is 2.37. The molecule has 0 bridgehead atoms. The fourth-order valence-corrected chi connectivity index (χ4v) is 2.67. The Hall–Kier alpha value is -2.99. The van der Waals surface area contributed by atoms with Gasteiger partial charge in [-0.05, 0) is 29.8 Å². The molecule has 0 aliphatic carbocycles. The number of aromatic nitrogens is 4. The van der Waals surface area contributed by atoms with Crippen LogP contribution in [0.2, 0.25) is 0 Å². The fraction of sp³-hybridized carbons (Fsp3) is 0.357. The molecule has 0 spiro atoms. The van der Waals surface area contributed by atoms with Gasteiger partial charge >= 0.3 is 13.1 Å². The summed E-state index contributed by atoms with van der Waals surface area (Å²) in [6, 6.07) is 4.66. The maximum Gasteiger partial charge on any atom is 0.547 e. The predicted octanol–water partition coefficient (Wildman–Crippen LogP) is -1.99. The van der Waals surface area contributed by atoms with Gasteiger partial charge in [-0.15, -0.1) is 10.2 Å². The fourth-order valence-electron chi connectivity index (χ4n) is 2.67. The van der Waals surface area contributed by atoms with E-state index < -0.39 is 24.9 Å². The number of benzene rings is 1. The van der Waals surface area contributed by atoms with Crippen molar-refractivity contribution in [1.29, 1.82) is 0 Å². The van der Waals surface area contributed by atoms with Gasteiger partial charge in [0, 0.05) is 6.42 Å². The molecule has 1 aromatic carbocycles. The zero-order valence-electron chi connectivity index (χ0n) is 13.7. The maximum absolute atomic E-state index is 12.2.